The second-order valence-electron chi connectivity index (χ2n) is 4.77. The Labute approximate surface area is 115 Å². The zero-order chi connectivity index (χ0) is 14.1. The lowest BCUT2D eigenvalue weighted by Crippen LogP contribution is -2.24. The number of hydrogen-bond donors (Lipinski definition) is 2. The maximum atomic E-state index is 12.0. The number of anilines is 1. The van der Waals surface area contributed by atoms with E-state index >= 15 is 0 Å². The van der Waals surface area contributed by atoms with Crippen molar-refractivity contribution in [2.24, 2.45) is 7.05 Å². The molecule has 1 aromatic heterocycles. The van der Waals surface area contributed by atoms with Gasteiger partial charge in [0.25, 0.3) is 5.91 Å². The first kappa shape index (κ1) is 12.4. The lowest BCUT2D eigenvalue weighted by molar-refractivity contribution is -0.116. The Kier molecular flexibility index (Phi) is 2.98. The maximum absolute atomic E-state index is 12.0. The van der Waals surface area contributed by atoms with Gasteiger partial charge in [0.05, 0.1) is 24.3 Å². The molecular formula is C14H14N4O2. The highest BCUT2D eigenvalue weighted by Crippen LogP contribution is 2.27. The first-order valence-corrected chi connectivity index (χ1v) is 6.32. The normalized spacial score (nSPS) is 16.6. The minimum absolute atomic E-state index is 0.125. The number of carbonyl (C=O) groups is 2. The van der Waals surface area contributed by atoms with Crippen LogP contribution in [0.15, 0.2) is 36.7 Å². The van der Waals surface area contributed by atoms with Crippen molar-refractivity contribution in [3.8, 4) is 0 Å². The summed E-state index contributed by atoms with van der Waals surface area (Å²) in [4.78, 5) is 23.8. The fourth-order valence-corrected chi connectivity index (χ4v) is 2.37. The van der Waals surface area contributed by atoms with Gasteiger partial charge in [-0.3, -0.25) is 14.3 Å². The summed E-state index contributed by atoms with van der Waals surface area (Å²) in [6.45, 7) is 0. The molecule has 6 nitrogen and oxygen atoms in total. The molecular weight excluding hydrogens is 256 g/mol. The van der Waals surface area contributed by atoms with Crippen LogP contribution in [-0.4, -0.2) is 21.6 Å². The molecule has 20 heavy (non-hydrogen) atoms. The molecule has 0 bridgehead atoms. The Balaban J connectivity index is 1.70. The molecule has 2 heterocycles. The van der Waals surface area contributed by atoms with Crippen molar-refractivity contribution in [1.29, 1.82) is 0 Å². The quantitative estimate of drug-likeness (QED) is 0.880. The minimum atomic E-state index is -0.268. The summed E-state index contributed by atoms with van der Waals surface area (Å²) in [7, 11) is 1.78. The van der Waals surface area contributed by atoms with E-state index in [9.17, 15) is 9.59 Å². The fourth-order valence-electron chi connectivity index (χ4n) is 2.37. The Morgan fingerprint density at radius 3 is 3.00 bits per heavy atom. The number of nitrogens with one attached hydrogen (secondary N) is 2. The molecule has 0 aliphatic carbocycles. The molecule has 0 spiro atoms. The monoisotopic (exact) mass is 270 g/mol. The van der Waals surface area contributed by atoms with Crippen molar-refractivity contribution in [1.82, 2.24) is 15.1 Å². The van der Waals surface area contributed by atoms with Crippen LogP contribution in [0.25, 0.3) is 0 Å². The number of rotatable bonds is 3. The topological polar surface area (TPSA) is 76.0 Å². The molecule has 3 rings (SSSR count). The highest BCUT2D eigenvalue weighted by molar-refractivity contribution is 6.00. The van der Waals surface area contributed by atoms with Gasteiger partial charge in [-0.15, -0.1) is 0 Å². The van der Waals surface area contributed by atoms with Gasteiger partial charge in [0.2, 0.25) is 5.91 Å². The van der Waals surface area contributed by atoms with Crippen LogP contribution < -0.4 is 10.6 Å². The summed E-state index contributed by atoms with van der Waals surface area (Å²) < 4.78 is 1.61. The van der Waals surface area contributed by atoms with E-state index < -0.39 is 0 Å². The van der Waals surface area contributed by atoms with Crippen molar-refractivity contribution >= 4 is 17.5 Å². The molecule has 6 heteroatoms. The number of amides is 2. The minimum Gasteiger partial charge on any atom is -0.345 e. The van der Waals surface area contributed by atoms with Crippen LogP contribution in [0, 0.1) is 0 Å². The molecule has 0 radical (unpaired) electrons. The number of nitrogens with zero attached hydrogens (tertiary/aromatic N) is 2. The van der Waals surface area contributed by atoms with Crippen molar-refractivity contribution in [3.05, 3.63) is 47.8 Å². The van der Waals surface area contributed by atoms with E-state index in [4.69, 9.17) is 0 Å². The van der Waals surface area contributed by atoms with Crippen molar-refractivity contribution in [2.45, 2.75) is 12.5 Å². The van der Waals surface area contributed by atoms with E-state index in [1.165, 1.54) is 0 Å². The molecule has 0 unspecified atom stereocenters. The number of hydrogen-bond acceptors (Lipinski definition) is 3. The Hall–Kier alpha value is -2.63. The molecule has 2 amide bonds. The average Bonchev–Trinajstić information content (AvgIpc) is 2.95. The van der Waals surface area contributed by atoms with Crippen LogP contribution >= 0.6 is 0 Å². The predicted molar refractivity (Wildman–Crippen MR) is 73.1 cm³/mol. The smallest absolute Gasteiger partial charge is 0.252 e. The maximum Gasteiger partial charge on any atom is 0.252 e. The molecule has 2 N–H and O–H groups in total. The summed E-state index contributed by atoms with van der Waals surface area (Å²) >= 11 is 0. The summed E-state index contributed by atoms with van der Waals surface area (Å²) in [6.07, 6.45) is 3.51. The summed E-state index contributed by atoms with van der Waals surface area (Å²) in [5.41, 5.74) is 2.17. The fraction of sp³-hybridized carbons (Fsp3) is 0.214. The van der Waals surface area contributed by atoms with Crippen molar-refractivity contribution in [3.63, 3.8) is 0 Å². The lowest BCUT2D eigenvalue weighted by Gasteiger charge is -2.11. The number of aromatic nitrogens is 2. The van der Waals surface area contributed by atoms with E-state index in [2.05, 4.69) is 15.7 Å². The highest BCUT2D eigenvalue weighted by atomic mass is 16.2. The second-order valence-corrected chi connectivity index (χ2v) is 4.77. The molecule has 1 aromatic carbocycles. The van der Waals surface area contributed by atoms with E-state index in [0.29, 0.717) is 11.3 Å². The number of carbonyl (C=O) groups excluding carboxylic acids is 2. The third-order valence-corrected chi connectivity index (χ3v) is 3.26. The van der Waals surface area contributed by atoms with Gasteiger partial charge in [0.15, 0.2) is 0 Å². The van der Waals surface area contributed by atoms with Gasteiger partial charge in [-0.05, 0) is 11.6 Å². The SMILES string of the molecule is Cn1cc(NC(=O)C[C@@H]2NC(=O)c3ccccc32)cn1. The number of aryl methyl sites for hydroxylation is 1. The summed E-state index contributed by atoms with van der Waals surface area (Å²) in [5, 5.41) is 9.56. The Morgan fingerprint density at radius 1 is 1.45 bits per heavy atom. The van der Waals surface area contributed by atoms with E-state index in [0.717, 1.165) is 5.56 Å². The molecule has 0 saturated heterocycles. The first-order chi connectivity index (χ1) is 9.63. The van der Waals surface area contributed by atoms with Gasteiger partial charge < -0.3 is 10.6 Å². The van der Waals surface area contributed by atoms with Crippen molar-refractivity contribution < 1.29 is 9.59 Å². The lowest BCUT2D eigenvalue weighted by atomic mass is 10.0. The zero-order valence-electron chi connectivity index (χ0n) is 11.0. The molecule has 1 aliphatic heterocycles. The van der Waals surface area contributed by atoms with Crippen LogP contribution in [-0.2, 0) is 11.8 Å². The highest BCUT2D eigenvalue weighted by Gasteiger charge is 2.29. The van der Waals surface area contributed by atoms with Gasteiger partial charge >= 0.3 is 0 Å². The van der Waals surface area contributed by atoms with Gasteiger partial charge in [-0.1, -0.05) is 18.2 Å². The largest absolute Gasteiger partial charge is 0.345 e. The average molecular weight is 270 g/mol. The third kappa shape index (κ3) is 2.27. The number of benzene rings is 1. The van der Waals surface area contributed by atoms with Gasteiger partial charge in [-0.25, -0.2) is 0 Å². The second kappa shape index (κ2) is 4.80. The Bertz CT molecular complexity index is 677. The van der Waals surface area contributed by atoms with Crippen LogP contribution in [0.4, 0.5) is 5.69 Å². The van der Waals surface area contributed by atoms with Crippen LogP contribution in [0.1, 0.15) is 28.4 Å². The molecule has 0 saturated carbocycles. The van der Waals surface area contributed by atoms with Crippen LogP contribution in [0.3, 0.4) is 0 Å². The van der Waals surface area contributed by atoms with Crippen LogP contribution in [0.2, 0.25) is 0 Å². The van der Waals surface area contributed by atoms with Crippen molar-refractivity contribution in [2.75, 3.05) is 5.32 Å². The van der Waals surface area contributed by atoms with Gasteiger partial charge in [0.1, 0.15) is 0 Å². The van der Waals surface area contributed by atoms with E-state index in [1.807, 2.05) is 18.2 Å². The molecule has 102 valence electrons. The summed E-state index contributed by atoms with van der Waals surface area (Å²) in [5.74, 6) is -0.278. The number of fused-ring (bicyclic) bond motifs is 1. The summed E-state index contributed by atoms with van der Waals surface area (Å²) in [6, 6.07) is 7.05. The standard InChI is InChI=1S/C14H14N4O2/c1-18-8-9(7-15-18)16-13(19)6-12-10-4-2-3-5-11(10)14(20)17-12/h2-5,7-8,12H,6H2,1H3,(H,16,19)(H,17,20)/t12-/m0/s1. The molecule has 2 aromatic rings. The Morgan fingerprint density at radius 2 is 2.25 bits per heavy atom. The van der Waals surface area contributed by atoms with Gasteiger partial charge in [-0.2, -0.15) is 5.10 Å². The van der Waals surface area contributed by atoms with E-state index in [1.54, 1.807) is 30.2 Å². The van der Waals surface area contributed by atoms with Crippen LogP contribution in [0.5, 0.6) is 0 Å². The van der Waals surface area contributed by atoms with E-state index in [-0.39, 0.29) is 24.3 Å². The molecule has 0 fully saturated rings. The van der Waals surface area contributed by atoms with Gasteiger partial charge in [0, 0.05) is 18.8 Å². The molecule has 1 aliphatic rings. The zero-order valence-corrected chi connectivity index (χ0v) is 11.0. The third-order valence-electron chi connectivity index (χ3n) is 3.26. The predicted octanol–water partition coefficient (Wildman–Crippen LogP) is 1.23. The first-order valence-electron chi connectivity index (χ1n) is 6.32. The molecule has 1 atom stereocenters.